The van der Waals surface area contributed by atoms with E-state index in [1.807, 2.05) is 0 Å². The molecule has 0 saturated carbocycles. The maximum Gasteiger partial charge on any atom is 0.471 e. The third-order valence-electron chi connectivity index (χ3n) is 1.49. The topological polar surface area (TPSA) is 86.6 Å². The van der Waals surface area contributed by atoms with Gasteiger partial charge in [0.25, 0.3) is 0 Å². The smallest absolute Gasteiger partial charge is 0.471 e. The Kier molecular flexibility index (Phi) is 3.70. The zero-order chi connectivity index (χ0) is 12.4. The Bertz CT molecular complexity index is 268. The predicted molar refractivity (Wildman–Crippen MR) is 41.9 cm³/mol. The molecule has 0 aliphatic heterocycles. The molecule has 3 N–H and O–H groups in total. The maximum atomic E-state index is 11.8. The van der Waals surface area contributed by atoms with Crippen LogP contribution in [0.1, 0.15) is 13.8 Å². The molecule has 0 aliphatic rings. The molecule has 88 valence electrons. The van der Waals surface area contributed by atoms with Crippen molar-refractivity contribution < 1.29 is 33.0 Å². The van der Waals surface area contributed by atoms with Crippen LogP contribution in [0.15, 0.2) is 0 Å². The van der Waals surface area contributed by atoms with Gasteiger partial charge in [-0.15, -0.1) is 0 Å². The highest BCUT2D eigenvalue weighted by Gasteiger charge is 2.44. The quantitative estimate of drug-likeness (QED) is 0.630. The zero-order valence-corrected chi connectivity index (χ0v) is 7.92. The molecule has 1 amide bonds. The van der Waals surface area contributed by atoms with Gasteiger partial charge in [0.1, 0.15) is 0 Å². The number of aliphatic carboxylic acids is 1. The number of carboxylic acids is 1. The Morgan fingerprint density at radius 3 is 1.87 bits per heavy atom. The summed E-state index contributed by atoms with van der Waals surface area (Å²) in [5.74, 6) is -4.16. The Hall–Kier alpha value is -1.31. The van der Waals surface area contributed by atoms with Gasteiger partial charge >= 0.3 is 18.1 Å². The Morgan fingerprint density at radius 1 is 1.27 bits per heavy atom. The fraction of sp³-hybridized carbons (Fsp3) is 0.714. The second-order valence-corrected chi connectivity index (χ2v) is 3.40. The highest BCUT2D eigenvalue weighted by molar-refractivity contribution is 5.87. The van der Waals surface area contributed by atoms with Crippen molar-refractivity contribution >= 4 is 11.9 Å². The van der Waals surface area contributed by atoms with E-state index in [0.717, 1.165) is 13.8 Å². The molecule has 0 fully saturated rings. The van der Waals surface area contributed by atoms with E-state index in [1.165, 1.54) is 5.32 Å². The largest absolute Gasteiger partial charge is 0.480 e. The van der Waals surface area contributed by atoms with E-state index in [2.05, 4.69) is 0 Å². The van der Waals surface area contributed by atoms with Gasteiger partial charge in [-0.3, -0.25) is 4.79 Å². The van der Waals surface area contributed by atoms with Crippen LogP contribution in [-0.4, -0.2) is 39.9 Å². The Labute approximate surface area is 82.9 Å². The average molecular weight is 229 g/mol. The van der Waals surface area contributed by atoms with Crippen LogP contribution in [-0.2, 0) is 9.59 Å². The minimum Gasteiger partial charge on any atom is -0.480 e. The monoisotopic (exact) mass is 229 g/mol. The lowest BCUT2D eigenvalue weighted by Gasteiger charge is -2.26. The van der Waals surface area contributed by atoms with Crippen molar-refractivity contribution in [3.63, 3.8) is 0 Å². The summed E-state index contributed by atoms with van der Waals surface area (Å²) >= 11 is 0. The number of carbonyl (C=O) groups is 2. The van der Waals surface area contributed by atoms with Crippen LogP contribution in [0.2, 0.25) is 0 Å². The zero-order valence-electron chi connectivity index (χ0n) is 7.92. The number of amides is 1. The molecule has 0 radical (unpaired) electrons. The first-order valence-corrected chi connectivity index (χ1v) is 3.79. The van der Waals surface area contributed by atoms with Gasteiger partial charge in [0.05, 0.1) is 5.60 Å². The molecule has 0 aromatic rings. The maximum absolute atomic E-state index is 11.8. The van der Waals surface area contributed by atoms with Crippen LogP contribution in [0.3, 0.4) is 0 Å². The number of carboxylic acid groups (broad SMARTS) is 1. The summed E-state index contributed by atoms with van der Waals surface area (Å²) in [6.45, 7) is 1.95. The van der Waals surface area contributed by atoms with Crippen LogP contribution in [0, 0.1) is 0 Å². The van der Waals surface area contributed by atoms with Gasteiger partial charge in [-0.05, 0) is 13.8 Å². The van der Waals surface area contributed by atoms with Crippen LogP contribution in [0.25, 0.3) is 0 Å². The fourth-order valence-corrected chi connectivity index (χ4v) is 0.753. The minimum absolute atomic E-state index is 0.975. The lowest BCUT2D eigenvalue weighted by Crippen LogP contribution is -2.56. The van der Waals surface area contributed by atoms with E-state index >= 15 is 0 Å². The third-order valence-corrected chi connectivity index (χ3v) is 1.49. The van der Waals surface area contributed by atoms with Crippen molar-refractivity contribution in [2.45, 2.75) is 31.7 Å². The molecule has 0 aromatic heterocycles. The van der Waals surface area contributed by atoms with E-state index in [4.69, 9.17) is 5.11 Å². The summed E-state index contributed by atoms with van der Waals surface area (Å²) in [7, 11) is 0. The molecule has 0 spiro atoms. The van der Waals surface area contributed by atoms with E-state index < -0.39 is 29.7 Å². The molecule has 15 heavy (non-hydrogen) atoms. The summed E-state index contributed by atoms with van der Waals surface area (Å²) in [6.07, 6.45) is -5.18. The summed E-state index contributed by atoms with van der Waals surface area (Å²) in [5.41, 5.74) is -1.99. The fourth-order valence-electron chi connectivity index (χ4n) is 0.753. The highest BCUT2D eigenvalue weighted by Crippen LogP contribution is 2.16. The van der Waals surface area contributed by atoms with E-state index in [-0.39, 0.29) is 0 Å². The molecule has 0 bridgehead atoms. The van der Waals surface area contributed by atoms with Crippen molar-refractivity contribution in [2.75, 3.05) is 0 Å². The van der Waals surface area contributed by atoms with Gasteiger partial charge in [0.15, 0.2) is 6.04 Å². The molecule has 5 nitrogen and oxygen atoms in total. The molecule has 1 atom stereocenters. The average Bonchev–Trinajstić information content (AvgIpc) is 1.94. The van der Waals surface area contributed by atoms with Crippen molar-refractivity contribution in [2.24, 2.45) is 0 Å². The molecule has 0 rings (SSSR count). The molecule has 0 heterocycles. The number of nitrogens with one attached hydrogen (secondary N) is 1. The molecule has 8 heteroatoms. The highest BCUT2D eigenvalue weighted by atomic mass is 19.4. The lowest BCUT2D eigenvalue weighted by atomic mass is 9.99. The van der Waals surface area contributed by atoms with Crippen molar-refractivity contribution in [3.05, 3.63) is 0 Å². The van der Waals surface area contributed by atoms with Gasteiger partial charge in [-0.2, -0.15) is 13.2 Å². The minimum atomic E-state index is -5.18. The lowest BCUT2D eigenvalue weighted by molar-refractivity contribution is -0.177. The first-order chi connectivity index (χ1) is 6.46. The number of hydrogen-bond acceptors (Lipinski definition) is 3. The van der Waals surface area contributed by atoms with Crippen molar-refractivity contribution in [1.29, 1.82) is 0 Å². The Morgan fingerprint density at radius 2 is 1.67 bits per heavy atom. The molecule has 0 aliphatic carbocycles. The van der Waals surface area contributed by atoms with Crippen LogP contribution < -0.4 is 5.32 Å². The number of hydrogen-bond donors (Lipinski definition) is 3. The molecular formula is C7H10F3NO4. The molecule has 0 saturated heterocycles. The van der Waals surface area contributed by atoms with Crippen LogP contribution in [0.5, 0.6) is 0 Å². The first-order valence-electron chi connectivity index (χ1n) is 3.79. The molecule has 0 aromatic carbocycles. The standard InChI is InChI=1S/C7H10F3NO4/c1-6(2,15)3(4(12)13)11-5(14)7(8,9)10/h3,15H,1-2H3,(H,11,14)(H,12,13). The third kappa shape index (κ3) is 4.15. The van der Waals surface area contributed by atoms with E-state index in [9.17, 15) is 27.9 Å². The number of alkyl halides is 3. The van der Waals surface area contributed by atoms with E-state index in [1.54, 1.807) is 0 Å². The first kappa shape index (κ1) is 13.7. The van der Waals surface area contributed by atoms with Gasteiger partial charge in [-0.25, -0.2) is 4.79 Å². The normalized spacial score (nSPS) is 14.5. The summed E-state index contributed by atoms with van der Waals surface area (Å²) in [5, 5.41) is 18.9. The van der Waals surface area contributed by atoms with Crippen molar-refractivity contribution in [1.82, 2.24) is 5.32 Å². The summed E-state index contributed by atoms with van der Waals surface area (Å²) < 4.78 is 35.3. The number of carbonyl (C=O) groups excluding carboxylic acids is 1. The van der Waals surface area contributed by atoms with Gasteiger partial charge in [0.2, 0.25) is 0 Å². The van der Waals surface area contributed by atoms with Gasteiger partial charge < -0.3 is 15.5 Å². The molecular weight excluding hydrogens is 219 g/mol. The Balaban J connectivity index is 4.74. The second-order valence-electron chi connectivity index (χ2n) is 3.40. The number of halogens is 3. The molecule has 1 unspecified atom stereocenters. The van der Waals surface area contributed by atoms with Crippen LogP contribution >= 0.6 is 0 Å². The van der Waals surface area contributed by atoms with E-state index in [0.29, 0.717) is 0 Å². The predicted octanol–water partition coefficient (Wildman–Crippen LogP) is -0.111. The van der Waals surface area contributed by atoms with Crippen LogP contribution in [0.4, 0.5) is 13.2 Å². The summed E-state index contributed by atoms with van der Waals surface area (Å²) in [6, 6.07) is -2.02. The SMILES string of the molecule is CC(C)(O)C(NC(=O)C(F)(F)F)C(=O)O. The second kappa shape index (κ2) is 4.05. The number of aliphatic hydroxyl groups is 1. The van der Waals surface area contributed by atoms with Crippen molar-refractivity contribution in [3.8, 4) is 0 Å². The van der Waals surface area contributed by atoms with Gasteiger partial charge in [0, 0.05) is 0 Å². The van der Waals surface area contributed by atoms with Gasteiger partial charge in [-0.1, -0.05) is 0 Å². The summed E-state index contributed by atoms with van der Waals surface area (Å²) in [4.78, 5) is 20.9. The number of rotatable bonds is 3.